The molecule has 0 aliphatic carbocycles. The van der Waals surface area contributed by atoms with Gasteiger partial charge in [-0.1, -0.05) is 0 Å². The van der Waals surface area contributed by atoms with Crippen LogP contribution in [0.5, 0.6) is 11.5 Å². The van der Waals surface area contributed by atoms with Gasteiger partial charge in [0.15, 0.2) is 0 Å². The number of methoxy groups -OCH3 is 3. The van der Waals surface area contributed by atoms with Crippen LogP contribution in [-0.2, 0) is 9.47 Å². The Hall–Kier alpha value is -1.30. The van der Waals surface area contributed by atoms with E-state index < -0.39 is 0 Å². The molecule has 2 N–H and O–H groups in total. The lowest BCUT2D eigenvalue weighted by Crippen LogP contribution is -2.26. The zero-order valence-corrected chi connectivity index (χ0v) is 13.6. The molecule has 0 saturated heterocycles. The van der Waals surface area contributed by atoms with E-state index in [9.17, 15) is 0 Å². The van der Waals surface area contributed by atoms with Crippen molar-refractivity contribution in [1.82, 2.24) is 0 Å². The highest BCUT2D eigenvalue weighted by Gasteiger charge is 2.17. The Bertz CT molecular complexity index is 434. The molecule has 0 heterocycles. The van der Waals surface area contributed by atoms with Gasteiger partial charge < -0.3 is 24.7 Å². The minimum atomic E-state index is -0.239. The van der Waals surface area contributed by atoms with Crippen molar-refractivity contribution < 1.29 is 18.9 Å². The minimum absolute atomic E-state index is 0.179. The highest BCUT2D eigenvalue weighted by Crippen LogP contribution is 2.28. The molecule has 0 aromatic heterocycles. The molecule has 120 valence electrons. The predicted molar refractivity (Wildman–Crippen MR) is 83.0 cm³/mol. The van der Waals surface area contributed by atoms with Gasteiger partial charge >= 0.3 is 0 Å². The standard InChI is InChI=1S/C16H27NO4/c1-16(2,20-5)8-9-21-11-14(17)13-7-6-12(18-3)10-15(13)19-4/h6-7,10,14H,8-9,11,17H2,1-5H3. The monoisotopic (exact) mass is 297 g/mol. The summed E-state index contributed by atoms with van der Waals surface area (Å²) in [7, 11) is 4.94. The van der Waals surface area contributed by atoms with E-state index in [2.05, 4.69) is 0 Å². The van der Waals surface area contributed by atoms with Crippen LogP contribution in [0.1, 0.15) is 31.9 Å². The largest absolute Gasteiger partial charge is 0.497 e. The molecule has 1 unspecified atom stereocenters. The summed E-state index contributed by atoms with van der Waals surface area (Å²) in [6.07, 6.45) is 0.815. The number of ether oxygens (including phenoxy) is 4. The fourth-order valence-electron chi connectivity index (χ4n) is 1.84. The topological polar surface area (TPSA) is 62.9 Å². The average molecular weight is 297 g/mol. The van der Waals surface area contributed by atoms with Crippen LogP contribution in [0.2, 0.25) is 0 Å². The van der Waals surface area contributed by atoms with Gasteiger partial charge in [0.2, 0.25) is 0 Å². The molecule has 0 aliphatic heterocycles. The second kappa shape index (κ2) is 8.22. The van der Waals surface area contributed by atoms with Crippen LogP contribution in [0.4, 0.5) is 0 Å². The van der Waals surface area contributed by atoms with Crippen molar-refractivity contribution in [1.29, 1.82) is 0 Å². The van der Waals surface area contributed by atoms with Gasteiger partial charge in [0.1, 0.15) is 11.5 Å². The summed E-state index contributed by atoms with van der Waals surface area (Å²) in [6, 6.07) is 5.36. The summed E-state index contributed by atoms with van der Waals surface area (Å²) >= 11 is 0. The van der Waals surface area contributed by atoms with E-state index in [4.69, 9.17) is 24.7 Å². The molecule has 0 saturated carbocycles. The Kier molecular flexibility index (Phi) is 6.95. The summed E-state index contributed by atoms with van der Waals surface area (Å²) < 4.78 is 21.5. The van der Waals surface area contributed by atoms with E-state index in [-0.39, 0.29) is 11.6 Å². The first-order valence-electron chi connectivity index (χ1n) is 7.04. The fourth-order valence-corrected chi connectivity index (χ4v) is 1.84. The lowest BCUT2D eigenvalue weighted by atomic mass is 10.1. The van der Waals surface area contributed by atoms with Crippen LogP contribution in [0, 0.1) is 0 Å². The van der Waals surface area contributed by atoms with Crippen molar-refractivity contribution in [2.45, 2.75) is 31.9 Å². The number of hydrogen-bond donors (Lipinski definition) is 1. The Balaban J connectivity index is 2.54. The van der Waals surface area contributed by atoms with Gasteiger partial charge in [0.25, 0.3) is 0 Å². The third-order valence-electron chi connectivity index (χ3n) is 3.54. The van der Waals surface area contributed by atoms with Gasteiger partial charge in [-0.05, 0) is 32.4 Å². The van der Waals surface area contributed by atoms with Gasteiger partial charge in [0, 0.05) is 25.3 Å². The van der Waals surface area contributed by atoms with Crippen LogP contribution >= 0.6 is 0 Å². The molecule has 21 heavy (non-hydrogen) atoms. The number of rotatable bonds is 9. The molecule has 0 aliphatic rings. The maximum Gasteiger partial charge on any atom is 0.127 e. The molecule has 0 fully saturated rings. The number of nitrogens with two attached hydrogens (primary N) is 1. The highest BCUT2D eigenvalue weighted by molar-refractivity contribution is 5.42. The van der Waals surface area contributed by atoms with Gasteiger partial charge in [-0.15, -0.1) is 0 Å². The zero-order valence-electron chi connectivity index (χ0n) is 13.6. The first-order valence-corrected chi connectivity index (χ1v) is 7.04. The molecule has 1 aromatic rings. The van der Waals surface area contributed by atoms with Crippen molar-refractivity contribution in [2.75, 3.05) is 34.5 Å². The first-order chi connectivity index (χ1) is 9.93. The second-order valence-corrected chi connectivity index (χ2v) is 5.50. The van der Waals surface area contributed by atoms with E-state index in [0.717, 1.165) is 17.7 Å². The Morgan fingerprint density at radius 2 is 1.86 bits per heavy atom. The maximum atomic E-state index is 6.17. The molecule has 1 atom stereocenters. The Morgan fingerprint density at radius 3 is 2.43 bits per heavy atom. The smallest absolute Gasteiger partial charge is 0.127 e. The van der Waals surface area contributed by atoms with Crippen molar-refractivity contribution in [2.24, 2.45) is 5.73 Å². The summed E-state index contributed by atoms with van der Waals surface area (Å²) in [4.78, 5) is 0. The molecule has 0 radical (unpaired) electrons. The second-order valence-electron chi connectivity index (χ2n) is 5.50. The van der Waals surface area contributed by atoms with E-state index in [1.165, 1.54) is 0 Å². The van der Waals surface area contributed by atoms with E-state index in [0.29, 0.717) is 19.0 Å². The summed E-state index contributed by atoms with van der Waals surface area (Å²) in [6.45, 7) is 5.10. The zero-order chi connectivity index (χ0) is 15.9. The molecule has 5 nitrogen and oxygen atoms in total. The molecular formula is C16H27NO4. The first kappa shape index (κ1) is 17.8. The lowest BCUT2D eigenvalue weighted by molar-refractivity contribution is -0.0114. The summed E-state index contributed by atoms with van der Waals surface area (Å²) in [5, 5.41) is 0. The Labute approximate surface area is 127 Å². The molecular weight excluding hydrogens is 270 g/mol. The van der Waals surface area contributed by atoms with Crippen LogP contribution < -0.4 is 15.2 Å². The molecule has 0 amide bonds. The van der Waals surface area contributed by atoms with Crippen LogP contribution in [0.15, 0.2) is 18.2 Å². The van der Waals surface area contributed by atoms with Gasteiger partial charge in [-0.25, -0.2) is 0 Å². The van der Waals surface area contributed by atoms with Crippen molar-refractivity contribution >= 4 is 0 Å². The fraction of sp³-hybridized carbons (Fsp3) is 0.625. The molecule has 5 heteroatoms. The molecule has 1 rings (SSSR count). The van der Waals surface area contributed by atoms with Crippen molar-refractivity contribution in [3.05, 3.63) is 23.8 Å². The third kappa shape index (κ3) is 5.53. The maximum absolute atomic E-state index is 6.17. The predicted octanol–water partition coefficient (Wildman–Crippen LogP) is 2.54. The SMILES string of the molecule is COc1ccc(C(N)COCCC(C)(C)OC)c(OC)c1. The third-order valence-corrected chi connectivity index (χ3v) is 3.54. The number of hydrogen-bond acceptors (Lipinski definition) is 5. The minimum Gasteiger partial charge on any atom is -0.497 e. The van der Waals surface area contributed by atoms with E-state index >= 15 is 0 Å². The normalized spacial score (nSPS) is 13.0. The summed E-state index contributed by atoms with van der Waals surface area (Å²) in [5.41, 5.74) is 6.90. The average Bonchev–Trinajstić information content (AvgIpc) is 2.50. The number of benzene rings is 1. The van der Waals surface area contributed by atoms with Crippen LogP contribution in [0.3, 0.4) is 0 Å². The lowest BCUT2D eigenvalue weighted by Gasteiger charge is -2.23. The van der Waals surface area contributed by atoms with Crippen LogP contribution in [-0.4, -0.2) is 40.1 Å². The molecule has 0 spiro atoms. The van der Waals surface area contributed by atoms with Gasteiger partial charge in [-0.3, -0.25) is 0 Å². The summed E-state index contributed by atoms with van der Waals surface area (Å²) in [5.74, 6) is 1.45. The quantitative estimate of drug-likeness (QED) is 0.710. The molecule has 1 aromatic carbocycles. The van der Waals surface area contributed by atoms with Gasteiger partial charge in [-0.2, -0.15) is 0 Å². The Morgan fingerprint density at radius 1 is 1.14 bits per heavy atom. The van der Waals surface area contributed by atoms with Crippen molar-refractivity contribution in [3.8, 4) is 11.5 Å². The molecule has 0 bridgehead atoms. The van der Waals surface area contributed by atoms with Gasteiger partial charge in [0.05, 0.1) is 32.5 Å². The van der Waals surface area contributed by atoms with E-state index in [1.54, 1.807) is 21.3 Å². The van der Waals surface area contributed by atoms with E-state index in [1.807, 2.05) is 32.0 Å². The van der Waals surface area contributed by atoms with Crippen LogP contribution in [0.25, 0.3) is 0 Å². The van der Waals surface area contributed by atoms with Crippen molar-refractivity contribution in [3.63, 3.8) is 0 Å². The highest BCUT2D eigenvalue weighted by atomic mass is 16.5.